The number of sulfonamides is 1. The second kappa shape index (κ2) is 6.05. The molecule has 0 aliphatic heterocycles. The van der Waals surface area contributed by atoms with E-state index in [0.29, 0.717) is 0 Å². The molecule has 0 heterocycles. The van der Waals surface area contributed by atoms with Crippen molar-refractivity contribution >= 4 is 27.3 Å². The Labute approximate surface area is 120 Å². The Hall–Kier alpha value is -2.57. The van der Waals surface area contributed by atoms with E-state index in [4.69, 9.17) is 32.5 Å². The molecule has 0 saturated heterocycles. The number of hydrogen-bond acceptors (Lipinski definition) is 6. The number of nitriles is 3. The van der Waals surface area contributed by atoms with Crippen LogP contribution in [0.15, 0.2) is 34.4 Å². The number of nitrogens with one attached hydrogen (secondary N) is 1. The smallest absolute Gasteiger partial charge is 0.238 e. The van der Waals surface area contributed by atoms with Crippen molar-refractivity contribution < 1.29 is 8.42 Å². The number of hydrogen-bond donors (Lipinski definition) is 2. The van der Waals surface area contributed by atoms with Crippen LogP contribution in [-0.2, 0) is 10.0 Å². The van der Waals surface area contributed by atoms with Gasteiger partial charge in [0, 0.05) is 0 Å². The average molecular weight is 308 g/mol. The molecular formula is C11H6ClN5O2S. The van der Waals surface area contributed by atoms with Crippen LogP contribution in [0.4, 0.5) is 5.69 Å². The molecule has 1 aromatic rings. The molecule has 0 radical (unpaired) electrons. The fourth-order valence-corrected chi connectivity index (χ4v) is 1.90. The molecule has 0 aliphatic rings. The molecule has 0 bridgehead atoms. The van der Waals surface area contributed by atoms with Crippen LogP contribution in [0.2, 0.25) is 5.02 Å². The lowest BCUT2D eigenvalue weighted by Gasteiger charge is -2.08. The normalized spacial score (nSPS) is 9.75. The molecule has 0 saturated carbocycles. The highest BCUT2D eigenvalue weighted by atomic mass is 35.5. The first-order valence-corrected chi connectivity index (χ1v) is 6.80. The van der Waals surface area contributed by atoms with Crippen molar-refractivity contribution in [2.75, 3.05) is 5.32 Å². The van der Waals surface area contributed by atoms with E-state index in [1.165, 1.54) is 24.3 Å². The van der Waals surface area contributed by atoms with Crippen molar-refractivity contribution in [2.45, 2.75) is 4.90 Å². The number of halogens is 1. The van der Waals surface area contributed by atoms with Crippen LogP contribution in [0.3, 0.4) is 0 Å². The largest absolute Gasteiger partial charge is 0.344 e. The molecular weight excluding hydrogens is 302 g/mol. The summed E-state index contributed by atoms with van der Waals surface area (Å²) in [7, 11) is -3.94. The highest BCUT2D eigenvalue weighted by Crippen LogP contribution is 2.26. The van der Waals surface area contributed by atoms with E-state index >= 15 is 0 Å². The summed E-state index contributed by atoms with van der Waals surface area (Å²) in [4.78, 5) is -0.225. The lowest BCUT2D eigenvalue weighted by Crippen LogP contribution is -2.12. The van der Waals surface area contributed by atoms with Gasteiger partial charge in [-0.05, 0) is 18.2 Å². The van der Waals surface area contributed by atoms with Crippen molar-refractivity contribution in [2.24, 2.45) is 5.14 Å². The number of rotatable bonds is 3. The second-order valence-corrected chi connectivity index (χ2v) is 5.37. The monoisotopic (exact) mass is 307 g/mol. The molecule has 0 unspecified atom stereocenters. The lowest BCUT2D eigenvalue weighted by molar-refractivity contribution is 0.598. The predicted octanol–water partition coefficient (Wildman–Crippen LogP) is 1.22. The van der Waals surface area contributed by atoms with Crippen molar-refractivity contribution in [3.8, 4) is 18.2 Å². The average Bonchev–Trinajstić information content (AvgIpc) is 2.39. The number of primary sulfonamides is 1. The first-order chi connectivity index (χ1) is 9.33. The third-order valence-electron chi connectivity index (χ3n) is 2.11. The van der Waals surface area contributed by atoms with E-state index in [0.717, 1.165) is 6.07 Å². The van der Waals surface area contributed by atoms with Gasteiger partial charge in [0.05, 0.1) is 15.6 Å². The first-order valence-electron chi connectivity index (χ1n) is 4.87. The molecule has 100 valence electrons. The zero-order valence-electron chi connectivity index (χ0n) is 9.75. The third kappa shape index (κ3) is 3.47. The Morgan fingerprint density at radius 1 is 1.20 bits per heavy atom. The van der Waals surface area contributed by atoms with Crippen LogP contribution in [-0.4, -0.2) is 8.42 Å². The van der Waals surface area contributed by atoms with Crippen molar-refractivity contribution in [1.82, 2.24) is 0 Å². The standard InChI is InChI=1S/C11H6ClN5O2S/c12-9-2-1-8(20(16,18)19)3-10(9)17-11(6-15)7(4-13)5-14/h1-3,17H,(H2,16,18,19). The molecule has 0 atom stereocenters. The van der Waals surface area contributed by atoms with Crippen molar-refractivity contribution in [3.63, 3.8) is 0 Å². The zero-order valence-corrected chi connectivity index (χ0v) is 11.3. The SMILES string of the molecule is N#CC(C#N)=C(C#N)Nc1cc(S(N)(=O)=O)ccc1Cl. The minimum absolute atomic E-state index is 0.0396. The van der Waals surface area contributed by atoms with E-state index in [1.807, 2.05) is 0 Å². The van der Waals surface area contributed by atoms with Crippen LogP contribution < -0.4 is 10.5 Å². The van der Waals surface area contributed by atoms with Crippen molar-refractivity contribution in [3.05, 3.63) is 34.5 Å². The van der Waals surface area contributed by atoms with Gasteiger partial charge in [0.1, 0.15) is 23.9 Å². The summed E-state index contributed by atoms with van der Waals surface area (Å²) < 4.78 is 22.4. The highest BCUT2D eigenvalue weighted by Gasteiger charge is 2.13. The van der Waals surface area contributed by atoms with Gasteiger partial charge in [0.2, 0.25) is 10.0 Å². The second-order valence-electron chi connectivity index (χ2n) is 3.40. The molecule has 0 aromatic heterocycles. The molecule has 1 rings (SSSR count). The first kappa shape index (κ1) is 15.5. The lowest BCUT2D eigenvalue weighted by atomic mass is 10.2. The van der Waals surface area contributed by atoms with E-state index in [2.05, 4.69) is 5.32 Å². The molecule has 0 aliphatic carbocycles. The summed E-state index contributed by atoms with van der Waals surface area (Å²) in [5.41, 5.74) is -0.759. The van der Waals surface area contributed by atoms with Crippen LogP contribution in [0, 0.1) is 34.0 Å². The van der Waals surface area contributed by atoms with Gasteiger partial charge < -0.3 is 5.32 Å². The van der Waals surface area contributed by atoms with Crippen LogP contribution in [0.5, 0.6) is 0 Å². The Morgan fingerprint density at radius 2 is 1.80 bits per heavy atom. The molecule has 7 nitrogen and oxygen atoms in total. The minimum Gasteiger partial charge on any atom is -0.344 e. The predicted molar refractivity (Wildman–Crippen MR) is 70.3 cm³/mol. The van der Waals surface area contributed by atoms with Gasteiger partial charge in [-0.15, -0.1) is 0 Å². The van der Waals surface area contributed by atoms with Gasteiger partial charge in [0.25, 0.3) is 0 Å². The maximum Gasteiger partial charge on any atom is 0.238 e. The third-order valence-corrected chi connectivity index (χ3v) is 3.35. The highest BCUT2D eigenvalue weighted by molar-refractivity contribution is 7.89. The summed E-state index contributed by atoms with van der Waals surface area (Å²) in [5, 5.41) is 33.8. The van der Waals surface area contributed by atoms with Gasteiger partial charge in [-0.2, -0.15) is 15.8 Å². The molecule has 0 fully saturated rings. The maximum atomic E-state index is 11.2. The number of allylic oxidation sites excluding steroid dienone is 2. The molecule has 0 amide bonds. The summed E-state index contributed by atoms with van der Waals surface area (Å²) in [5.74, 6) is 0. The van der Waals surface area contributed by atoms with Gasteiger partial charge in [-0.25, -0.2) is 13.6 Å². The molecule has 3 N–H and O–H groups in total. The minimum atomic E-state index is -3.94. The number of anilines is 1. The fourth-order valence-electron chi connectivity index (χ4n) is 1.19. The van der Waals surface area contributed by atoms with Crippen LogP contribution >= 0.6 is 11.6 Å². The number of benzene rings is 1. The van der Waals surface area contributed by atoms with E-state index in [1.54, 1.807) is 6.07 Å². The molecule has 0 spiro atoms. The van der Waals surface area contributed by atoms with Gasteiger partial charge in [-0.3, -0.25) is 0 Å². The topological polar surface area (TPSA) is 144 Å². The fraction of sp³-hybridized carbons (Fsp3) is 0. The summed E-state index contributed by atoms with van der Waals surface area (Å²) in [6.45, 7) is 0. The van der Waals surface area contributed by atoms with Crippen LogP contribution in [0.1, 0.15) is 0 Å². The number of nitrogens with zero attached hydrogens (tertiary/aromatic N) is 3. The van der Waals surface area contributed by atoms with Gasteiger partial charge >= 0.3 is 0 Å². The Kier molecular flexibility index (Phi) is 4.68. The van der Waals surface area contributed by atoms with Crippen molar-refractivity contribution in [1.29, 1.82) is 15.8 Å². The quantitative estimate of drug-likeness (QED) is 0.803. The van der Waals surface area contributed by atoms with Crippen LogP contribution in [0.25, 0.3) is 0 Å². The Bertz CT molecular complexity index is 793. The maximum absolute atomic E-state index is 11.2. The van der Waals surface area contributed by atoms with Gasteiger partial charge in [0.15, 0.2) is 5.57 Å². The van der Waals surface area contributed by atoms with E-state index in [-0.39, 0.29) is 21.3 Å². The Balaban J connectivity index is 3.37. The van der Waals surface area contributed by atoms with E-state index < -0.39 is 15.6 Å². The molecule has 1 aromatic carbocycles. The Morgan fingerprint density at radius 3 is 2.25 bits per heavy atom. The van der Waals surface area contributed by atoms with Gasteiger partial charge in [-0.1, -0.05) is 11.6 Å². The summed E-state index contributed by atoms with van der Waals surface area (Å²) in [6.07, 6.45) is 0. The summed E-state index contributed by atoms with van der Waals surface area (Å²) >= 11 is 5.84. The summed E-state index contributed by atoms with van der Waals surface area (Å²) in [6, 6.07) is 8.24. The molecule has 9 heteroatoms. The zero-order chi connectivity index (χ0) is 15.3. The van der Waals surface area contributed by atoms with E-state index in [9.17, 15) is 8.42 Å². The number of nitrogens with two attached hydrogens (primary N) is 1. The molecule has 20 heavy (non-hydrogen) atoms.